The van der Waals surface area contributed by atoms with Crippen LogP contribution in [-0.2, 0) is 4.43 Å². The molecule has 2 atom stereocenters. The van der Waals surface area contributed by atoms with E-state index in [0.717, 1.165) is 12.8 Å². The molecule has 6 heteroatoms. The molecule has 0 heterocycles. The summed E-state index contributed by atoms with van der Waals surface area (Å²) in [5.41, 5.74) is 0.244. The summed E-state index contributed by atoms with van der Waals surface area (Å²) in [4.78, 5) is 0. The Labute approximate surface area is 204 Å². The van der Waals surface area contributed by atoms with Gasteiger partial charge in [0.25, 0.3) is 8.32 Å². The summed E-state index contributed by atoms with van der Waals surface area (Å²) in [6, 6.07) is 26.0. The molecular formula is C27H27BrFNO2Si. The summed E-state index contributed by atoms with van der Waals surface area (Å²) in [6.07, 6.45) is 1.25. The van der Waals surface area contributed by atoms with Gasteiger partial charge in [-0.05, 0) is 56.3 Å². The highest BCUT2D eigenvalue weighted by Crippen LogP contribution is 2.41. The smallest absolute Gasteiger partial charge is 0.261 e. The highest BCUT2D eigenvalue weighted by Gasteiger charge is 2.53. The van der Waals surface area contributed by atoms with Gasteiger partial charge in [0.1, 0.15) is 12.2 Å². The first-order chi connectivity index (χ1) is 15.8. The molecule has 0 amide bonds. The van der Waals surface area contributed by atoms with Gasteiger partial charge in [0.2, 0.25) is 0 Å². The third-order valence-corrected chi connectivity index (χ3v) is 12.2. The van der Waals surface area contributed by atoms with Gasteiger partial charge in [-0.1, -0.05) is 81.4 Å². The Balaban J connectivity index is 1.69. The van der Waals surface area contributed by atoms with E-state index in [1.54, 1.807) is 6.07 Å². The molecule has 4 rings (SSSR count). The van der Waals surface area contributed by atoms with E-state index in [9.17, 15) is 4.39 Å². The first kappa shape index (κ1) is 23.7. The van der Waals surface area contributed by atoms with Crippen LogP contribution in [0.5, 0.6) is 5.75 Å². The molecule has 1 saturated carbocycles. The van der Waals surface area contributed by atoms with E-state index in [-0.39, 0.29) is 33.0 Å². The van der Waals surface area contributed by atoms with Crippen molar-refractivity contribution in [3.05, 3.63) is 88.6 Å². The van der Waals surface area contributed by atoms with Crippen molar-refractivity contribution in [3.63, 3.8) is 0 Å². The molecule has 0 saturated heterocycles. The summed E-state index contributed by atoms with van der Waals surface area (Å²) in [7, 11) is -2.71. The molecule has 3 aromatic rings. The summed E-state index contributed by atoms with van der Waals surface area (Å²) >= 11 is 3.17. The number of halogens is 2. The molecule has 3 aromatic carbocycles. The van der Waals surface area contributed by atoms with Crippen molar-refractivity contribution in [2.24, 2.45) is 0 Å². The van der Waals surface area contributed by atoms with Crippen LogP contribution < -0.4 is 15.1 Å². The minimum Gasteiger partial charge on any atom is -0.485 e. The number of nitrogens with zero attached hydrogens (tertiary/aromatic N) is 1. The fourth-order valence-corrected chi connectivity index (χ4v) is 9.65. The topological polar surface area (TPSA) is 42.2 Å². The van der Waals surface area contributed by atoms with Gasteiger partial charge in [0.05, 0.1) is 16.1 Å². The zero-order valence-corrected chi connectivity index (χ0v) is 21.6. The molecule has 170 valence electrons. The van der Waals surface area contributed by atoms with Crippen LogP contribution in [0.4, 0.5) is 4.39 Å². The van der Waals surface area contributed by atoms with Gasteiger partial charge in [0.15, 0.2) is 11.6 Å². The molecule has 1 fully saturated rings. The van der Waals surface area contributed by atoms with E-state index in [4.69, 9.17) is 14.4 Å². The van der Waals surface area contributed by atoms with Gasteiger partial charge in [-0.25, -0.2) is 4.39 Å². The predicted octanol–water partition coefficient (Wildman–Crippen LogP) is 5.95. The number of ether oxygens (including phenoxy) is 1. The number of rotatable bonds is 6. The first-order valence-electron chi connectivity index (χ1n) is 11.1. The van der Waals surface area contributed by atoms with Gasteiger partial charge < -0.3 is 9.16 Å². The Hall–Kier alpha value is -2.46. The number of hydrogen-bond donors (Lipinski definition) is 0. The van der Waals surface area contributed by atoms with Gasteiger partial charge in [0, 0.05) is 0 Å². The van der Waals surface area contributed by atoms with Crippen LogP contribution in [0.2, 0.25) is 5.04 Å². The molecule has 1 aliphatic carbocycles. The van der Waals surface area contributed by atoms with Crippen LogP contribution in [0, 0.1) is 17.1 Å². The van der Waals surface area contributed by atoms with Crippen LogP contribution in [-0.4, -0.2) is 20.5 Å². The van der Waals surface area contributed by atoms with E-state index in [0.29, 0.717) is 0 Å². The molecule has 0 bridgehead atoms. The molecule has 0 aliphatic heterocycles. The Morgan fingerprint density at radius 2 is 1.45 bits per heavy atom. The van der Waals surface area contributed by atoms with Crippen molar-refractivity contribution in [1.29, 1.82) is 5.26 Å². The van der Waals surface area contributed by atoms with Gasteiger partial charge in [-0.2, -0.15) is 5.26 Å². The highest BCUT2D eigenvalue weighted by atomic mass is 79.9. The number of benzene rings is 3. The fourth-order valence-electron chi connectivity index (χ4n) is 4.50. The summed E-state index contributed by atoms with van der Waals surface area (Å²) in [5.74, 6) is -0.410. The first-order valence-corrected chi connectivity index (χ1v) is 13.8. The van der Waals surface area contributed by atoms with Crippen molar-refractivity contribution >= 4 is 34.6 Å². The highest BCUT2D eigenvalue weighted by molar-refractivity contribution is 9.10. The molecule has 33 heavy (non-hydrogen) atoms. The molecule has 3 nitrogen and oxygen atoms in total. The zero-order chi connectivity index (χ0) is 23.6. The zero-order valence-electron chi connectivity index (χ0n) is 19.0. The summed E-state index contributed by atoms with van der Waals surface area (Å²) < 4.78 is 28.2. The number of nitriles is 1. The minimum atomic E-state index is -2.71. The molecule has 0 N–H and O–H groups in total. The second-order valence-corrected chi connectivity index (χ2v) is 14.4. The van der Waals surface area contributed by atoms with Crippen molar-refractivity contribution < 1.29 is 13.6 Å². The van der Waals surface area contributed by atoms with Gasteiger partial charge in [-0.15, -0.1) is 0 Å². The SMILES string of the molecule is CC(C)(C)[Si](O[C@@H]1CC[C@@H]1Oc1ccc(C#N)c(Br)c1F)(c1ccccc1)c1ccccc1. The maximum absolute atomic E-state index is 14.8. The van der Waals surface area contributed by atoms with Crippen molar-refractivity contribution in [2.45, 2.75) is 50.9 Å². The molecule has 0 aromatic heterocycles. The van der Waals surface area contributed by atoms with Crippen LogP contribution in [0.3, 0.4) is 0 Å². The monoisotopic (exact) mass is 523 g/mol. The molecule has 0 unspecified atom stereocenters. The van der Waals surface area contributed by atoms with Crippen LogP contribution in [0.25, 0.3) is 0 Å². The van der Waals surface area contributed by atoms with Crippen molar-refractivity contribution in [2.75, 3.05) is 0 Å². The lowest BCUT2D eigenvalue weighted by atomic mass is 9.92. The predicted molar refractivity (Wildman–Crippen MR) is 135 cm³/mol. The maximum atomic E-state index is 14.8. The average Bonchev–Trinajstić information content (AvgIpc) is 2.80. The minimum absolute atomic E-state index is 0.131. The van der Waals surface area contributed by atoms with Crippen molar-refractivity contribution in [1.82, 2.24) is 0 Å². The average molecular weight is 525 g/mol. The summed E-state index contributed by atoms with van der Waals surface area (Å²) in [6.45, 7) is 6.72. The number of hydrogen-bond acceptors (Lipinski definition) is 3. The molecule has 0 radical (unpaired) electrons. The van der Waals surface area contributed by atoms with E-state index in [1.807, 2.05) is 18.2 Å². The van der Waals surface area contributed by atoms with Crippen LogP contribution in [0.15, 0.2) is 77.3 Å². The lowest BCUT2D eigenvalue weighted by Crippen LogP contribution is -2.69. The maximum Gasteiger partial charge on any atom is 0.261 e. The second kappa shape index (κ2) is 9.42. The van der Waals surface area contributed by atoms with Gasteiger partial charge in [-0.3, -0.25) is 0 Å². The third-order valence-electron chi connectivity index (χ3n) is 6.34. The molecular weight excluding hydrogens is 497 g/mol. The Morgan fingerprint density at radius 3 is 1.91 bits per heavy atom. The molecule has 0 spiro atoms. The third kappa shape index (κ3) is 4.38. The lowest BCUT2D eigenvalue weighted by Gasteiger charge is -2.49. The Kier molecular flexibility index (Phi) is 6.76. The quantitative estimate of drug-likeness (QED) is 0.375. The summed E-state index contributed by atoms with van der Waals surface area (Å²) in [5, 5.41) is 11.4. The van der Waals surface area contributed by atoms with Crippen LogP contribution >= 0.6 is 15.9 Å². The Bertz CT molecular complexity index is 1120. The van der Waals surface area contributed by atoms with Crippen molar-refractivity contribution in [3.8, 4) is 11.8 Å². The fraction of sp³-hybridized carbons (Fsp3) is 0.296. The van der Waals surface area contributed by atoms with Gasteiger partial charge >= 0.3 is 0 Å². The second-order valence-electron chi connectivity index (χ2n) is 9.40. The normalized spacial score (nSPS) is 18.3. The standard InChI is InChI=1S/C27H27BrFNO2Si/c1-27(2,3)33(20-10-6-4-7-11-20,21-12-8-5-9-13-21)32-23-17-16-22(23)31-24-15-14-19(18-30)25(28)26(24)29/h4-15,22-23H,16-17H2,1-3H3/t22-,23+/m0/s1. The Morgan fingerprint density at radius 1 is 0.909 bits per heavy atom. The van der Waals surface area contributed by atoms with E-state index >= 15 is 0 Å². The lowest BCUT2D eigenvalue weighted by molar-refractivity contribution is -0.0273. The van der Waals surface area contributed by atoms with Crippen LogP contribution in [0.1, 0.15) is 39.2 Å². The van der Waals surface area contributed by atoms with E-state index in [2.05, 4.69) is 85.2 Å². The largest absolute Gasteiger partial charge is 0.485 e. The van der Waals surface area contributed by atoms with E-state index in [1.165, 1.54) is 16.4 Å². The van der Waals surface area contributed by atoms with E-state index < -0.39 is 14.1 Å². The molecule has 1 aliphatic rings.